The van der Waals surface area contributed by atoms with Crippen molar-refractivity contribution in [3.63, 3.8) is 0 Å². The van der Waals surface area contributed by atoms with Crippen molar-refractivity contribution in [3.8, 4) is 5.19 Å². The third-order valence-electron chi connectivity index (χ3n) is 7.50. The van der Waals surface area contributed by atoms with Crippen molar-refractivity contribution in [2.75, 3.05) is 19.7 Å². The number of fused-ring (bicyclic) bond motifs is 2. The maximum atomic E-state index is 13.1. The monoisotopic (exact) mass is 531 g/mol. The SMILES string of the molecule is CCn1ncc2c(C(=O)NC3CCC(CCN4CCc5sc(OCC(C)(F)F)nc5C4)CC3)cccc21. The lowest BCUT2D eigenvalue weighted by molar-refractivity contribution is -0.0230. The van der Waals surface area contributed by atoms with Crippen molar-refractivity contribution in [2.45, 2.75) is 77.4 Å². The normalized spacial score (nSPS) is 20.6. The van der Waals surface area contributed by atoms with Crippen LogP contribution in [0.2, 0.25) is 0 Å². The van der Waals surface area contributed by atoms with E-state index in [0.29, 0.717) is 16.7 Å². The summed E-state index contributed by atoms with van der Waals surface area (Å²) in [5.74, 6) is -2.21. The van der Waals surface area contributed by atoms with Crippen LogP contribution in [0.1, 0.15) is 66.9 Å². The maximum Gasteiger partial charge on any atom is 0.278 e. The summed E-state index contributed by atoms with van der Waals surface area (Å²) >= 11 is 1.40. The summed E-state index contributed by atoms with van der Waals surface area (Å²) in [6.45, 7) is 5.76. The van der Waals surface area contributed by atoms with Crippen molar-refractivity contribution in [2.24, 2.45) is 5.92 Å². The molecular formula is C27H35F2N5O2S. The first-order chi connectivity index (χ1) is 17.8. The molecule has 1 amide bonds. The highest BCUT2D eigenvalue weighted by Crippen LogP contribution is 2.32. The molecule has 1 aromatic carbocycles. The summed E-state index contributed by atoms with van der Waals surface area (Å²) in [6.07, 6.45) is 8.03. The van der Waals surface area contributed by atoms with Crippen LogP contribution in [-0.4, -0.2) is 57.2 Å². The lowest BCUT2D eigenvalue weighted by atomic mass is 9.84. The Morgan fingerprint density at radius 2 is 2.08 bits per heavy atom. The molecule has 200 valence electrons. The summed E-state index contributed by atoms with van der Waals surface area (Å²) in [5, 5.41) is 8.92. The number of aryl methyl sites for hydroxylation is 1. The Bertz CT molecular complexity index is 1230. The molecular weight excluding hydrogens is 496 g/mol. The Kier molecular flexibility index (Phi) is 7.76. The van der Waals surface area contributed by atoms with Crippen LogP contribution >= 0.6 is 11.3 Å². The third-order valence-corrected chi connectivity index (χ3v) is 8.57. The number of carbonyl (C=O) groups excluding carboxylic acids is 1. The largest absolute Gasteiger partial charge is 0.464 e. The quantitative estimate of drug-likeness (QED) is 0.407. The van der Waals surface area contributed by atoms with Crippen molar-refractivity contribution < 1.29 is 18.3 Å². The average molecular weight is 532 g/mol. The Morgan fingerprint density at radius 3 is 2.84 bits per heavy atom. The van der Waals surface area contributed by atoms with Crippen LogP contribution in [0.4, 0.5) is 8.78 Å². The van der Waals surface area contributed by atoms with Gasteiger partial charge in [0.25, 0.3) is 17.0 Å². The molecule has 0 bridgehead atoms. The van der Waals surface area contributed by atoms with Crippen molar-refractivity contribution in [1.82, 2.24) is 25.0 Å². The molecule has 5 rings (SSSR count). The number of rotatable bonds is 9. The molecule has 2 aromatic heterocycles. The minimum Gasteiger partial charge on any atom is -0.464 e. The first-order valence-electron chi connectivity index (χ1n) is 13.3. The second kappa shape index (κ2) is 11.0. The Hall–Kier alpha value is -2.59. The van der Waals surface area contributed by atoms with Gasteiger partial charge in [-0.05, 0) is 70.0 Å². The molecule has 1 aliphatic carbocycles. The lowest BCUT2D eigenvalue weighted by Gasteiger charge is -2.32. The zero-order valence-electron chi connectivity index (χ0n) is 21.5. The van der Waals surface area contributed by atoms with Crippen LogP contribution in [0.15, 0.2) is 24.4 Å². The summed E-state index contributed by atoms with van der Waals surface area (Å²) in [7, 11) is 0. The predicted molar refractivity (Wildman–Crippen MR) is 140 cm³/mol. The number of alkyl halides is 2. The van der Waals surface area contributed by atoms with E-state index in [1.165, 1.54) is 11.3 Å². The van der Waals surface area contributed by atoms with E-state index in [1.807, 2.05) is 29.8 Å². The number of halogens is 2. The molecule has 0 spiro atoms. The fraction of sp³-hybridized carbons (Fsp3) is 0.593. The number of nitrogens with zero attached hydrogens (tertiary/aromatic N) is 4. The maximum absolute atomic E-state index is 13.1. The summed E-state index contributed by atoms with van der Waals surface area (Å²) in [4.78, 5) is 21.0. The average Bonchev–Trinajstić information content (AvgIpc) is 3.49. The minimum absolute atomic E-state index is 0.0110. The van der Waals surface area contributed by atoms with Crippen LogP contribution in [0, 0.1) is 5.92 Å². The molecule has 37 heavy (non-hydrogen) atoms. The highest BCUT2D eigenvalue weighted by Gasteiger charge is 2.27. The molecule has 0 unspecified atom stereocenters. The molecule has 3 heterocycles. The summed E-state index contributed by atoms with van der Waals surface area (Å²) in [6, 6.07) is 6.02. The summed E-state index contributed by atoms with van der Waals surface area (Å²) < 4.78 is 33.3. The molecule has 1 aliphatic heterocycles. The highest BCUT2D eigenvalue weighted by molar-refractivity contribution is 7.13. The number of aromatic nitrogens is 3. The molecule has 0 radical (unpaired) electrons. The molecule has 0 atom stereocenters. The van der Waals surface area contributed by atoms with Crippen LogP contribution in [-0.2, 0) is 19.5 Å². The van der Waals surface area contributed by atoms with Gasteiger partial charge in [0.1, 0.15) is 0 Å². The van der Waals surface area contributed by atoms with Crippen LogP contribution < -0.4 is 10.1 Å². The third kappa shape index (κ3) is 6.29. The first kappa shape index (κ1) is 26.0. The van der Waals surface area contributed by atoms with Gasteiger partial charge >= 0.3 is 0 Å². The van der Waals surface area contributed by atoms with E-state index in [1.54, 1.807) is 6.20 Å². The molecule has 1 fully saturated rings. The second-order valence-corrected chi connectivity index (χ2v) is 11.5. The van der Waals surface area contributed by atoms with Gasteiger partial charge in [0.05, 0.1) is 23.0 Å². The van der Waals surface area contributed by atoms with E-state index in [0.717, 1.165) is 93.1 Å². The van der Waals surface area contributed by atoms with Crippen molar-refractivity contribution in [1.29, 1.82) is 0 Å². The predicted octanol–water partition coefficient (Wildman–Crippen LogP) is 5.28. The van der Waals surface area contributed by atoms with Gasteiger partial charge in [-0.2, -0.15) is 5.10 Å². The first-order valence-corrected chi connectivity index (χ1v) is 14.1. The number of carbonyl (C=O) groups is 1. The number of benzene rings is 1. The Morgan fingerprint density at radius 1 is 1.27 bits per heavy atom. The Balaban J connectivity index is 1.06. The van der Waals surface area contributed by atoms with Gasteiger partial charge in [-0.25, -0.2) is 13.8 Å². The van der Waals surface area contributed by atoms with Gasteiger partial charge in [-0.15, -0.1) is 0 Å². The van der Waals surface area contributed by atoms with Gasteiger partial charge in [0.2, 0.25) is 0 Å². The Labute approximate surface area is 220 Å². The lowest BCUT2D eigenvalue weighted by Crippen LogP contribution is -2.38. The highest BCUT2D eigenvalue weighted by atomic mass is 32.1. The number of nitrogens with one attached hydrogen (secondary N) is 1. The molecule has 0 saturated heterocycles. The van der Waals surface area contributed by atoms with Gasteiger partial charge in [-0.1, -0.05) is 17.4 Å². The topological polar surface area (TPSA) is 72.3 Å². The number of amides is 1. The van der Waals surface area contributed by atoms with E-state index in [2.05, 4.69) is 20.3 Å². The smallest absolute Gasteiger partial charge is 0.278 e. The van der Waals surface area contributed by atoms with Gasteiger partial charge in [0, 0.05) is 42.9 Å². The van der Waals surface area contributed by atoms with Gasteiger partial charge in [-0.3, -0.25) is 14.4 Å². The zero-order valence-corrected chi connectivity index (χ0v) is 22.3. The molecule has 3 aromatic rings. The van der Waals surface area contributed by atoms with Crippen LogP contribution in [0.5, 0.6) is 5.19 Å². The van der Waals surface area contributed by atoms with E-state index in [4.69, 9.17) is 4.74 Å². The van der Waals surface area contributed by atoms with Crippen LogP contribution in [0.25, 0.3) is 10.9 Å². The van der Waals surface area contributed by atoms with Gasteiger partial charge in [0.15, 0.2) is 6.61 Å². The fourth-order valence-electron chi connectivity index (χ4n) is 5.45. The molecule has 2 aliphatic rings. The number of hydrogen-bond donors (Lipinski definition) is 1. The van der Waals surface area contributed by atoms with E-state index < -0.39 is 12.5 Å². The number of hydrogen-bond acceptors (Lipinski definition) is 6. The standard InChI is InChI=1S/C27H35F2N5O2S/c1-3-34-23-6-4-5-20(21(23)15-30-34)25(35)31-19-9-7-18(8-10-19)11-13-33-14-12-24-22(16-33)32-26(37-24)36-17-27(2,28)29/h4-6,15,18-19H,3,7-14,16-17H2,1-2H3,(H,31,35). The van der Waals surface area contributed by atoms with Crippen molar-refractivity contribution >= 4 is 28.1 Å². The molecule has 10 heteroatoms. The van der Waals surface area contributed by atoms with Crippen LogP contribution in [0.3, 0.4) is 0 Å². The minimum atomic E-state index is -2.85. The zero-order chi connectivity index (χ0) is 26.0. The molecule has 1 N–H and O–H groups in total. The van der Waals surface area contributed by atoms with E-state index >= 15 is 0 Å². The van der Waals surface area contributed by atoms with Crippen molar-refractivity contribution in [3.05, 3.63) is 40.5 Å². The number of thiazole rings is 1. The fourth-order valence-corrected chi connectivity index (χ4v) is 6.35. The number of ether oxygens (including phenoxy) is 1. The molecule has 1 saturated carbocycles. The van der Waals surface area contributed by atoms with Gasteiger partial charge < -0.3 is 10.1 Å². The van der Waals surface area contributed by atoms with E-state index in [-0.39, 0.29) is 11.9 Å². The second-order valence-electron chi connectivity index (χ2n) is 10.4. The summed E-state index contributed by atoms with van der Waals surface area (Å²) in [5.41, 5.74) is 2.66. The van der Waals surface area contributed by atoms with E-state index in [9.17, 15) is 13.6 Å². The molecule has 7 nitrogen and oxygen atoms in total.